The van der Waals surface area contributed by atoms with Gasteiger partial charge in [-0.2, -0.15) is 0 Å². The molecule has 4 nitrogen and oxygen atoms in total. The number of halogens is 1. The summed E-state index contributed by atoms with van der Waals surface area (Å²) < 4.78 is 36.7. The lowest BCUT2D eigenvalue weighted by Crippen LogP contribution is -2.35. The van der Waals surface area contributed by atoms with E-state index in [4.69, 9.17) is 0 Å². The van der Waals surface area contributed by atoms with Crippen LogP contribution in [0, 0.1) is 5.82 Å². The topological polar surface area (TPSA) is 49.7 Å². The van der Waals surface area contributed by atoms with Crippen LogP contribution in [0.2, 0.25) is 0 Å². The molecule has 0 aromatic heterocycles. The zero-order valence-corrected chi connectivity index (χ0v) is 12.6. The van der Waals surface area contributed by atoms with E-state index in [9.17, 15) is 12.8 Å². The maximum atomic E-state index is 13.5. The zero-order valence-electron chi connectivity index (χ0n) is 11.0. The van der Waals surface area contributed by atoms with Crippen molar-refractivity contribution in [1.29, 1.82) is 0 Å². The van der Waals surface area contributed by atoms with Crippen molar-refractivity contribution in [2.24, 2.45) is 4.99 Å². The van der Waals surface area contributed by atoms with Crippen molar-refractivity contribution in [3.05, 3.63) is 35.6 Å². The first kappa shape index (κ1) is 13.9. The van der Waals surface area contributed by atoms with Crippen LogP contribution in [0.5, 0.6) is 0 Å². The molecule has 0 radical (unpaired) electrons. The Morgan fingerprint density at radius 1 is 1.40 bits per heavy atom. The summed E-state index contributed by atoms with van der Waals surface area (Å²) in [5, 5.41) is 0.804. The zero-order chi connectivity index (χ0) is 14.3. The standard InChI is InChI=1S/C13H15FN2O2S2/c1-16-12-8-20(17,18)7-11(12)15-13(16)19-6-9-4-2-3-5-10(9)14/h2-5,11-12H,6-8H2,1H3/t11-,12+/m1/s1. The summed E-state index contributed by atoms with van der Waals surface area (Å²) in [4.78, 5) is 6.39. The molecule has 1 aromatic rings. The van der Waals surface area contributed by atoms with Crippen LogP contribution >= 0.6 is 11.8 Å². The summed E-state index contributed by atoms with van der Waals surface area (Å²) in [5.74, 6) is 0.582. The Morgan fingerprint density at radius 2 is 2.15 bits per heavy atom. The molecule has 1 saturated heterocycles. The number of fused-ring (bicyclic) bond motifs is 1. The monoisotopic (exact) mass is 314 g/mol. The van der Waals surface area contributed by atoms with Crippen LogP contribution in [0.15, 0.2) is 29.3 Å². The molecule has 0 unspecified atom stereocenters. The number of benzene rings is 1. The number of nitrogens with zero attached hydrogens (tertiary/aromatic N) is 2. The first-order valence-corrected chi connectivity index (χ1v) is 9.14. The van der Waals surface area contributed by atoms with Crippen molar-refractivity contribution in [1.82, 2.24) is 4.90 Å². The van der Waals surface area contributed by atoms with Crippen molar-refractivity contribution < 1.29 is 12.8 Å². The normalized spacial score (nSPS) is 27.5. The molecular formula is C13H15FN2O2S2. The minimum atomic E-state index is -2.95. The van der Waals surface area contributed by atoms with Crippen LogP contribution in [-0.2, 0) is 15.6 Å². The number of hydrogen-bond donors (Lipinski definition) is 0. The SMILES string of the molecule is CN1C(SCc2ccccc2F)=N[C@@H]2CS(=O)(=O)C[C@@H]21. The maximum Gasteiger partial charge on any atom is 0.159 e. The highest BCUT2D eigenvalue weighted by Gasteiger charge is 2.44. The number of rotatable bonds is 2. The van der Waals surface area contributed by atoms with E-state index in [2.05, 4.69) is 4.99 Å². The lowest BCUT2D eigenvalue weighted by Gasteiger charge is -2.20. The molecule has 0 bridgehead atoms. The molecule has 20 heavy (non-hydrogen) atoms. The van der Waals surface area contributed by atoms with Crippen LogP contribution in [0.4, 0.5) is 4.39 Å². The maximum absolute atomic E-state index is 13.5. The number of thioether (sulfide) groups is 1. The number of hydrogen-bond acceptors (Lipinski definition) is 5. The van der Waals surface area contributed by atoms with Gasteiger partial charge in [-0.25, -0.2) is 12.8 Å². The molecule has 2 aliphatic rings. The van der Waals surface area contributed by atoms with Gasteiger partial charge in [0.05, 0.1) is 23.6 Å². The second-order valence-electron chi connectivity index (χ2n) is 5.11. The second-order valence-corrected chi connectivity index (χ2v) is 8.21. The van der Waals surface area contributed by atoms with Gasteiger partial charge in [0.15, 0.2) is 15.0 Å². The number of likely N-dealkylation sites (N-methyl/N-ethyl adjacent to an activating group) is 1. The van der Waals surface area contributed by atoms with Crippen molar-refractivity contribution in [2.75, 3.05) is 18.6 Å². The van der Waals surface area contributed by atoms with Crippen molar-refractivity contribution in [2.45, 2.75) is 17.8 Å². The van der Waals surface area contributed by atoms with Gasteiger partial charge in [0.25, 0.3) is 0 Å². The predicted molar refractivity (Wildman–Crippen MR) is 79.1 cm³/mol. The highest BCUT2D eigenvalue weighted by atomic mass is 32.2. The molecule has 1 fully saturated rings. The molecule has 2 aliphatic heterocycles. The smallest absolute Gasteiger partial charge is 0.159 e. The Kier molecular flexibility index (Phi) is 3.50. The Labute approximate surface area is 122 Å². The summed E-state index contributed by atoms with van der Waals surface area (Å²) >= 11 is 1.46. The average molecular weight is 314 g/mol. The van der Waals surface area contributed by atoms with Crippen molar-refractivity contribution >= 4 is 26.8 Å². The van der Waals surface area contributed by atoms with E-state index in [1.54, 1.807) is 18.2 Å². The van der Waals surface area contributed by atoms with E-state index in [0.717, 1.165) is 5.17 Å². The van der Waals surface area contributed by atoms with E-state index in [1.165, 1.54) is 17.8 Å². The third-order valence-electron chi connectivity index (χ3n) is 3.68. The van der Waals surface area contributed by atoms with Gasteiger partial charge in [0.2, 0.25) is 0 Å². The highest BCUT2D eigenvalue weighted by molar-refractivity contribution is 8.13. The van der Waals surface area contributed by atoms with E-state index < -0.39 is 9.84 Å². The summed E-state index contributed by atoms with van der Waals surface area (Å²) in [6.07, 6.45) is 0. The van der Waals surface area contributed by atoms with Gasteiger partial charge >= 0.3 is 0 Å². The minimum Gasteiger partial charge on any atom is -0.348 e. The first-order valence-electron chi connectivity index (χ1n) is 6.33. The Hall–Kier alpha value is -1.08. The van der Waals surface area contributed by atoms with Crippen molar-refractivity contribution in [3.8, 4) is 0 Å². The number of amidine groups is 1. The summed E-state index contributed by atoms with van der Waals surface area (Å²) in [6.45, 7) is 0. The van der Waals surface area contributed by atoms with E-state index in [0.29, 0.717) is 11.3 Å². The fraction of sp³-hybridized carbons (Fsp3) is 0.462. The van der Waals surface area contributed by atoms with Gasteiger partial charge in [-0.3, -0.25) is 4.99 Å². The molecule has 3 rings (SSSR count). The lowest BCUT2D eigenvalue weighted by atomic mass is 10.2. The molecule has 108 valence electrons. The van der Waals surface area contributed by atoms with Crippen LogP contribution in [0.25, 0.3) is 0 Å². The molecule has 0 spiro atoms. The molecule has 1 aromatic carbocycles. The Balaban J connectivity index is 1.69. The van der Waals surface area contributed by atoms with Crippen LogP contribution in [0.1, 0.15) is 5.56 Å². The first-order chi connectivity index (χ1) is 9.46. The summed E-state index contributed by atoms with van der Waals surface area (Å²) in [7, 11) is -1.09. The largest absolute Gasteiger partial charge is 0.348 e. The van der Waals surface area contributed by atoms with Gasteiger partial charge < -0.3 is 4.90 Å². The predicted octanol–water partition coefficient (Wildman–Crippen LogP) is 1.53. The third-order valence-corrected chi connectivity index (χ3v) is 6.49. The van der Waals surface area contributed by atoms with Crippen LogP contribution < -0.4 is 0 Å². The quantitative estimate of drug-likeness (QED) is 0.830. The van der Waals surface area contributed by atoms with Crippen molar-refractivity contribution in [3.63, 3.8) is 0 Å². The number of aliphatic imine (C=N–C) groups is 1. The lowest BCUT2D eigenvalue weighted by molar-refractivity contribution is 0.410. The van der Waals surface area contributed by atoms with Gasteiger partial charge in [-0.1, -0.05) is 30.0 Å². The minimum absolute atomic E-state index is 0.0527. The van der Waals surface area contributed by atoms with Gasteiger partial charge in [-0.15, -0.1) is 0 Å². The van der Waals surface area contributed by atoms with Crippen LogP contribution in [0.3, 0.4) is 0 Å². The molecule has 0 amide bonds. The summed E-state index contributed by atoms with van der Waals surface area (Å²) in [6, 6.07) is 6.45. The van der Waals surface area contributed by atoms with E-state index in [1.807, 2.05) is 11.9 Å². The second kappa shape index (κ2) is 5.04. The molecule has 0 saturated carbocycles. The van der Waals surface area contributed by atoms with E-state index in [-0.39, 0.29) is 29.4 Å². The fourth-order valence-electron chi connectivity index (χ4n) is 2.58. The Morgan fingerprint density at radius 3 is 2.85 bits per heavy atom. The van der Waals surface area contributed by atoms with Crippen LogP contribution in [-0.4, -0.2) is 49.1 Å². The molecule has 0 N–H and O–H groups in total. The van der Waals surface area contributed by atoms with Gasteiger partial charge in [0.1, 0.15) is 5.82 Å². The Bertz CT molecular complexity index is 660. The van der Waals surface area contributed by atoms with E-state index >= 15 is 0 Å². The number of sulfone groups is 1. The van der Waals surface area contributed by atoms with Gasteiger partial charge in [0, 0.05) is 12.8 Å². The molecular weight excluding hydrogens is 299 g/mol. The highest BCUT2D eigenvalue weighted by Crippen LogP contribution is 2.31. The molecule has 2 atom stereocenters. The summed E-state index contributed by atoms with van der Waals surface area (Å²) in [5.41, 5.74) is 0.637. The average Bonchev–Trinajstić information content (AvgIpc) is 2.83. The fourth-order valence-corrected chi connectivity index (χ4v) is 5.56. The van der Waals surface area contributed by atoms with Gasteiger partial charge in [-0.05, 0) is 11.6 Å². The third kappa shape index (κ3) is 2.56. The molecule has 2 heterocycles. The molecule has 7 heteroatoms. The molecule has 0 aliphatic carbocycles.